The van der Waals surface area contributed by atoms with Crippen molar-refractivity contribution in [2.45, 2.75) is 43.7 Å². The predicted molar refractivity (Wildman–Crippen MR) is 114 cm³/mol. The molecule has 8 heteroatoms. The van der Waals surface area contributed by atoms with Gasteiger partial charge in [0.25, 0.3) is 0 Å². The minimum absolute atomic E-state index is 0.839. The first-order valence-electron chi connectivity index (χ1n) is 9.97. The summed E-state index contributed by atoms with van der Waals surface area (Å²) >= 11 is 9.35. The highest BCUT2D eigenvalue weighted by molar-refractivity contribution is 8.23. The number of quaternary nitrogens is 1. The lowest BCUT2D eigenvalue weighted by Gasteiger charge is -2.23. The van der Waals surface area contributed by atoms with Crippen molar-refractivity contribution in [2.75, 3.05) is 39.4 Å². The summed E-state index contributed by atoms with van der Waals surface area (Å²) in [5.74, 6) is 0.964. The standard InChI is InChI=1S/C19H24N4OS3/c25-19(23-6-1-2-7-23)27-18-16-13-4-3-5-14(13)26-17(16)20-15(21-18)12-22-8-10-24-11-9-22/h1-12H2/p+1. The minimum atomic E-state index is 0.839. The number of thiocarbonyl (C=S) groups is 1. The van der Waals surface area contributed by atoms with Crippen LogP contribution in [0.3, 0.4) is 0 Å². The molecule has 0 spiro atoms. The Morgan fingerprint density at radius 3 is 2.78 bits per heavy atom. The molecule has 2 aromatic rings. The molecule has 1 aliphatic carbocycles. The van der Waals surface area contributed by atoms with Crippen molar-refractivity contribution in [3.05, 3.63) is 16.3 Å². The van der Waals surface area contributed by atoms with Crippen LogP contribution in [0, 0.1) is 0 Å². The van der Waals surface area contributed by atoms with Gasteiger partial charge in [-0.2, -0.15) is 0 Å². The average Bonchev–Trinajstić information content (AvgIpc) is 3.39. The predicted octanol–water partition coefficient (Wildman–Crippen LogP) is 2.07. The maximum absolute atomic E-state index is 5.78. The van der Waals surface area contributed by atoms with E-state index in [0.717, 1.165) is 67.5 Å². The van der Waals surface area contributed by atoms with Crippen LogP contribution in [-0.4, -0.2) is 58.6 Å². The molecule has 0 unspecified atom stereocenters. The number of ether oxygens (including phenoxy) is 1. The van der Waals surface area contributed by atoms with Crippen LogP contribution in [0.2, 0.25) is 0 Å². The summed E-state index contributed by atoms with van der Waals surface area (Å²) in [5, 5.41) is 2.39. The van der Waals surface area contributed by atoms with Crippen molar-refractivity contribution in [1.82, 2.24) is 14.9 Å². The van der Waals surface area contributed by atoms with Gasteiger partial charge in [-0.25, -0.2) is 9.97 Å². The first-order valence-corrected chi connectivity index (χ1v) is 12.0. The lowest BCUT2D eigenvalue weighted by molar-refractivity contribution is -0.922. The van der Waals surface area contributed by atoms with E-state index >= 15 is 0 Å². The van der Waals surface area contributed by atoms with Crippen molar-refractivity contribution in [3.8, 4) is 0 Å². The number of thiophene rings is 1. The molecule has 144 valence electrons. The lowest BCUT2D eigenvalue weighted by atomic mass is 10.2. The van der Waals surface area contributed by atoms with Gasteiger partial charge < -0.3 is 14.5 Å². The number of aromatic nitrogens is 2. The zero-order valence-electron chi connectivity index (χ0n) is 15.5. The van der Waals surface area contributed by atoms with Crippen LogP contribution in [0.1, 0.15) is 35.5 Å². The highest BCUT2D eigenvalue weighted by atomic mass is 32.2. The number of aryl methyl sites for hydroxylation is 2. The summed E-state index contributed by atoms with van der Waals surface area (Å²) in [6.07, 6.45) is 6.12. The van der Waals surface area contributed by atoms with E-state index in [4.69, 9.17) is 26.9 Å². The number of hydrogen-bond donors (Lipinski definition) is 1. The molecule has 2 aliphatic heterocycles. The van der Waals surface area contributed by atoms with Gasteiger partial charge in [0.05, 0.1) is 13.2 Å². The smallest absolute Gasteiger partial charge is 0.186 e. The molecule has 0 atom stereocenters. The topological polar surface area (TPSA) is 42.7 Å². The molecule has 1 N–H and O–H groups in total. The molecule has 27 heavy (non-hydrogen) atoms. The number of rotatable bonds is 3. The van der Waals surface area contributed by atoms with Crippen molar-refractivity contribution in [2.24, 2.45) is 0 Å². The molecule has 0 radical (unpaired) electrons. The molecule has 0 saturated carbocycles. The van der Waals surface area contributed by atoms with Gasteiger partial charge in [-0.1, -0.05) is 12.2 Å². The van der Waals surface area contributed by atoms with E-state index in [1.165, 1.54) is 51.2 Å². The van der Waals surface area contributed by atoms with Gasteiger partial charge in [-0.15, -0.1) is 11.3 Å². The number of nitrogens with one attached hydrogen (secondary N) is 1. The number of fused-ring (bicyclic) bond motifs is 3. The molecule has 5 nitrogen and oxygen atoms in total. The van der Waals surface area contributed by atoms with E-state index in [1.54, 1.807) is 11.8 Å². The molecule has 2 aromatic heterocycles. The molecule has 2 fully saturated rings. The second-order valence-corrected chi connectivity index (χ2v) is 10.3. The number of likely N-dealkylation sites (tertiary alicyclic amines) is 1. The Morgan fingerprint density at radius 2 is 1.96 bits per heavy atom. The molecule has 4 heterocycles. The van der Waals surface area contributed by atoms with Gasteiger partial charge in [0.1, 0.15) is 33.8 Å². The average molecular weight is 422 g/mol. The largest absolute Gasteiger partial charge is 0.370 e. The van der Waals surface area contributed by atoms with Crippen LogP contribution >= 0.6 is 35.3 Å². The first kappa shape index (κ1) is 18.2. The van der Waals surface area contributed by atoms with E-state index < -0.39 is 0 Å². The van der Waals surface area contributed by atoms with Gasteiger partial charge in [0.2, 0.25) is 0 Å². The first-order chi connectivity index (χ1) is 13.3. The Labute approximate surface area is 173 Å². The summed E-state index contributed by atoms with van der Waals surface area (Å²) in [5.41, 5.74) is 1.49. The summed E-state index contributed by atoms with van der Waals surface area (Å²) in [4.78, 5) is 16.6. The molecular formula is C19H25N4OS3+. The van der Waals surface area contributed by atoms with E-state index in [0.29, 0.717) is 0 Å². The Bertz CT molecular complexity index is 856. The zero-order chi connectivity index (χ0) is 18.2. The third-order valence-electron chi connectivity index (χ3n) is 5.73. The monoisotopic (exact) mass is 421 g/mol. The summed E-state index contributed by atoms with van der Waals surface area (Å²) in [7, 11) is 0. The zero-order valence-corrected chi connectivity index (χ0v) is 17.9. The van der Waals surface area contributed by atoms with Crippen LogP contribution < -0.4 is 4.90 Å². The third-order valence-corrected chi connectivity index (χ3v) is 8.35. The molecule has 0 amide bonds. The Balaban J connectivity index is 1.48. The summed E-state index contributed by atoms with van der Waals surface area (Å²) in [6, 6.07) is 0. The molecule has 0 bridgehead atoms. The minimum Gasteiger partial charge on any atom is -0.370 e. The fraction of sp³-hybridized carbons (Fsp3) is 0.632. The Hall–Kier alpha value is -0.800. The molecule has 5 rings (SSSR count). The van der Waals surface area contributed by atoms with Gasteiger partial charge >= 0.3 is 0 Å². The molecular weight excluding hydrogens is 396 g/mol. The van der Waals surface area contributed by atoms with Crippen LogP contribution in [0.4, 0.5) is 0 Å². The van der Waals surface area contributed by atoms with Crippen LogP contribution in [0.5, 0.6) is 0 Å². The Kier molecular flexibility index (Phi) is 5.34. The fourth-order valence-electron chi connectivity index (χ4n) is 4.26. The van der Waals surface area contributed by atoms with Gasteiger partial charge in [-0.3, -0.25) is 0 Å². The van der Waals surface area contributed by atoms with E-state index in [2.05, 4.69) is 4.90 Å². The number of hydrogen-bond acceptors (Lipinski definition) is 6. The van der Waals surface area contributed by atoms with Crippen molar-refractivity contribution >= 4 is 49.9 Å². The normalized spacial score (nSPS) is 20.5. The summed E-state index contributed by atoms with van der Waals surface area (Å²) < 4.78 is 6.48. The maximum atomic E-state index is 5.78. The molecule has 3 aliphatic rings. The van der Waals surface area contributed by atoms with E-state index in [1.807, 2.05) is 11.3 Å². The van der Waals surface area contributed by atoms with Crippen LogP contribution in [-0.2, 0) is 24.1 Å². The van der Waals surface area contributed by atoms with Gasteiger partial charge in [-0.05, 0) is 49.4 Å². The highest BCUT2D eigenvalue weighted by Gasteiger charge is 2.26. The number of nitrogens with zero attached hydrogens (tertiary/aromatic N) is 3. The highest BCUT2D eigenvalue weighted by Crippen LogP contribution is 2.41. The molecule has 0 aromatic carbocycles. The van der Waals surface area contributed by atoms with Gasteiger partial charge in [0, 0.05) is 23.4 Å². The van der Waals surface area contributed by atoms with Gasteiger partial charge in [0.15, 0.2) is 5.82 Å². The quantitative estimate of drug-likeness (QED) is 0.465. The number of morpholine rings is 1. The van der Waals surface area contributed by atoms with Crippen LogP contribution in [0.25, 0.3) is 10.2 Å². The van der Waals surface area contributed by atoms with Crippen molar-refractivity contribution in [3.63, 3.8) is 0 Å². The van der Waals surface area contributed by atoms with E-state index in [-0.39, 0.29) is 0 Å². The number of thioether (sulfide) groups is 1. The maximum Gasteiger partial charge on any atom is 0.186 e. The second-order valence-electron chi connectivity index (χ2n) is 7.58. The Morgan fingerprint density at radius 1 is 1.15 bits per heavy atom. The third kappa shape index (κ3) is 3.74. The lowest BCUT2D eigenvalue weighted by Crippen LogP contribution is -3.12. The second kappa shape index (κ2) is 7.91. The fourth-order valence-corrected chi connectivity index (χ4v) is 6.98. The van der Waals surface area contributed by atoms with Crippen molar-refractivity contribution < 1.29 is 9.64 Å². The summed E-state index contributed by atoms with van der Waals surface area (Å²) in [6.45, 7) is 6.82. The van der Waals surface area contributed by atoms with E-state index in [9.17, 15) is 0 Å². The van der Waals surface area contributed by atoms with Crippen LogP contribution in [0.15, 0.2) is 5.03 Å². The molecule has 2 saturated heterocycles. The SMILES string of the molecule is S=C(Sc1nc(C[NH+]2CCOCC2)nc2sc3c(c12)CCC3)N1CCCC1. The van der Waals surface area contributed by atoms with Crippen molar-refractivity contribution in [1.29, 1.82) is 0 Å².